The Bertz CT molecular complexity index is 1130. The number of hydrogen-bond acceptors (Lipinski definition) is 6. The highest BCUT2D eigenvalue weighted by molar-refractivity contribution is 5.61. The van der Waals surface area contributed by atoms with E-state index in [9.17, 15) is 13.2 Å². The van der Waals surface area contributed by atoms with Gasteiger partial charge in [0.1, 0.15) is 17.3 Å². The van der Waals surface area contributed by atoms with Crippen molar-refractivity contribution in [3.63, 3.8) is 0 Å². The maximum atomic E-state index is 12.9. The fourth-order valence-corrected chi connectivity index (χ4v) is 2.85. The molecule has 0 spiro atoms. The highest BCUT2D eigenvalue weighted by atomic mass is 19.4. The smallest absolute Gasteiger partial charge is 0.325 e. The van der Waals surface area contributed by atoms with Crippen LogP contribution in [0.15, 0.2) is 49.1 Å². The van der Waals surface area contributed by atoms with Gasteiger partial charge in [-0.05, 0) is 48.7 Å². The number of anilines is 2. The van der Waals surface area contributed by atoms with Crippen LogP contribution in [0, 0.1) is 6.92 Å². The van der Waals surface area contributed by atoms with Gasteiger partial charge in [0.05, 0.1) is 23.7 Å². The summed E-state index contributed by atoms with van der Waals surface area (Å²) in [6.45, 7) is 2.48. The van der Waals surface area contributed by atoms with Crippen molar-refractivity contribution in [2.75, 3.05) is 5.32 Å². The number of H-pyrrole nitrogens is 1. The Morgan fingerprint density at radius 1 is 1.13 bits per heavy atom. The Morgan fingerprint density at radius 2 is 2.00 bits per heavy atom. The molecule has 2 N–H and O–H groups in total. The molecule has 154 valence electrons. The fourth-order valence-electron chi connectivity index (χ4n) is 2.85. The zero-order chi connectivity index (χ0) is 21.1. The third kappa shape index (κ3) is 4.62. The summed E-state index contributed by atoms with van der Waals surface area (Å²) in [4.78, 5) is 8.39. The van der Waals surface area contributed by atoms with Crippen molar-refractivity contribution in [3.8, 4) is 11.4 Å². The quantitative estimate of drug-likeness (QED) is 0.499. The highest BCUT2D eigenvalue weighted by Gasteiger charge is 2.30. The standard InChI is InChI=1S/C19H17F3N8/c1-12-6-15(16-11-30(29-28-16)5-3-13-9-24-25-10-13)26-18(7-12)27-17-8-14(2-4-23-17)19(20,21)22/h2,4,6-11H,3,5H2,1H3,(H,24,25)(H,23,26,27). The summed E-state index contributed by atoms with van der Waals surface area (Å²) in [6.07, 6.45) is 2.75. The molecule has 0 aliphatic carbocycles. The monoisotopic (exact) mass is 414 g/mol. The van der Waals surface area contributed by atoms with Crippen molar-refractivity contribution in [1.29, 1.82) is 0 Å². The van der Waals surface area contributed by atoms with Crippen LogP contribution in [0.4, 0.5) is 24.8 Å². The molecule has 4 aromatic heterocycles. The van der Waals surface area contributed by atoms with Gasteiger partial charge in [-0.1, -0.05) is 5.21 Å². The van der Waals surface area contributed by atoms with Crippen molar-refractivity contribution in [3.05, 3.63) is 65.7 Å². The van der Waals surface area contributed by atoms with Crippen LogP contribution >= 0.6 is 0 Å². The number of rotatable bonds is 6. The van der Waals surface area contributed by atoms with Gasteiger partial charge in [0.25, 0.3) is 0 Å². The number of halogens is 3. The number of nitrogens with one attached hydrogen (secondary N) is 2. The molecule has 0 saturated carbocycles. The summed E-state index contributed by atoms with van der Waals surface area (Å²) < 4.78 is 40.5. The van der Waals surface area contributed by atoms with E-state index in [-0.39, 0.29) is 5.82 Å². The fraction of sp³-hybridized carbons (Fsp3) is 0.211. The van der Waals surface area contributed by atoms with E-state index < -0.39 is 11.7 Å². The Labute approximate surface area is 169 Å². The Hall–Kier alpha value is -3.76. The molecule has 0 fully saturated rings. The lowest BCUT2D eigenvalue weighted by atomic mass is 10.2. The Morgan fingerprint density at radius 3 is 2.77 bits per heavy atom. The van der Waals surface area contributed by atoms with Crippen LogP contribution in [0.25, 0.3) is 11.4 Å². The summed E-state index contributed by atoms with van der Waals surface area (Å²) >= 11 is 0. The molecule has 0 aromatic carbocycles. The summed E-state index contributed by atoms with van der Waals surface area (Å²) in [5.41, 5.74) is 2.25. The summed E-state index contributed by atoms with van der Waals surface area (Å²) in [5, 5.41) is 17.8. The van der Waals surface area contributed by atoms with Crippen LogP contribution in [-0.2, 0) is 19.1 Å². The topological polar surface area (TPSA) is 97.2 Å². The molecule has 4 heterocycles. The predicted octanol–water partition coefficient (Wildman–Crippen LogP) is 3.77. The Kier molecular flexibility index (Phi) is 5.17. The molecule has 8 nitrogen and oxygen atoms in total. The molecule has 0 saturated heterocycles. The third-order valence-corrected chi connectivity index (χ3v) is 4.30. The zero-order valence-electron chi connectivity index (χ0n) is 15.9. The van der Waals surface area contributed by atoms with Gasteiger partial charge >= 0.3 is 6.18 Å². The summed E-state index contributed by atoms with van der Waals surface area (Å²) in [7, 11) is 0. The average molecular weight is 414 g/mol. The summed E-state index contributed by atoms with van der Waals surface area (Å²) in [5.74, 6) is 0.419. The first kappa shape index (κ1) is 19.6. The second kappa shape index (κ2) is 7.93. The van der Waals surface area contributed by atoms with Gasteiger partial charge in [-0.2, -0.15) is 18.3 Å². The zero-order valence-corrected chi connectivity index (χ0v) is 15.9. The first-order valence-electron chi connectivity index (χ1n) is 9.04. The normalized spacial score (nSPS) is 11.6. The second-order valence-electron chi connectivity index (χ2n) is 6.69. The second-order valence-corrected chi connectivity index (χ2v) is 6.69. The minimum atomic E-state index is -4.44. The molecule has 4 rings (SSSR count). The van der Waals surface area contributed by atoms with Gasteiger partial charge in [-0.25, -0.2) is 9.97 Å². The van der Waals surface area contributed by atoms with Crippen molar-refractivity contribution in [2.45, 2.75) is 26.1 Å². The highest BCUT2D eigenvalue weighted by Crippen LogP contribution is 2.30. The van der Waals surface area contributed by atoms with Crippen molar-refractivity contribution < 1.29 is 13.2 Å². The summed E-state index contributed by atoms with van der Waals surface area (Å²) in [6, 6.07) is 5.40. The third-order valence-electron chi connectivity index (χ3n) is 4.30. The number of aromatic nitrogens is 7. The van der Waals surface area contributed by atoms with Gasteiger partial charge in [-0.15, -0.1) is 5.10 Å². The van der Waals surface area contributed by atoms with Gasteiger partial charge < -0.3 is 5.32 Å². The predicted molar refractivity (Wildman–Crippen MR) is 103 cm³/mol. The minimum Gasteiger partial charge on any atom is -0.325 e. The lowest BCUT2D eigenvalue weighted by Gasteiger charge is -2.10. The van der Waals surface area contributed by atoms with Crippen molar-refractivity contribution in [2.24, 2.45) is 0 Å². The number of alkyl halides is 3. The van der Waals surface area contributed by atoms with Gasteiger partial charge in [0.15, 0.2) is 0 Å². The van der Waals surface area contributed by atoms with Crippen LogP contribution < -0.4 is 5.32 Å². The van der Waals surface area contributed by atoms with Crippen LogP contribution in [0.2, 0.25) is 0 Å². The molecule has 11 heteroatoms. The maximum Gasteiger partial charge on any atom is 0.416 e. The van der Waals surface area contributed by atoms with Gasteiger partial charge in [0, 0.05) is 18.9 Å². The van der Waals surface area contributed by atoms with E-state index >= 15 is 0 Å². The van der Waals surface area contributed by atoms with E-state index in [2.05, 4.69) is 35.8 Å². The largest absolute Gasteiger partial charge is 0.416 e. The molecule has 0 bridgehead atoms. The molecule has 4 aromatic rings. The lowest BCUT2D eigenvalue weighted by molar-refractivity contribution is -0.137. The first-order valence-corrected chi connectivity index (χ1v) is 9.04. The van der Waals surface area contributed by atoms with E-state index in [4.69, 9.17) is 0 Å². The molecule has 0 aliphatic rings. The number of aromatic amines is 1. The molecular formula is C19H17F3N8. The van der Waals surface area contributed by atoms with Gasteiger partial charge in [-0.3, -0.25) is 9.78 Å². The van der Waals surface area contributed by atoms with E-state index in [0.717, 1.165) is 35.9 Å². The molecule has 0 aliphatic heterocycles. The van der Waals surface area contributed by atoms with Crippen LogP contribution in [0.1, 0.15) is 16.7 Å². The molecule has 30 heavy (non-hydrogen) atoms. The molecule has 0 atom stereocenters. The van der Waals surface area contributed by atoms with E-state index in [1.807, 2.05) is 19.2 Å². The minimum absolute atomic E-state index is 0.0534. The van der Waals surface area contributed by atoms with Crippen LogP contribution in [0.5, 0.6) is 0 Å². The molecule has 0 amide bonds. The molecule has 0 unspecified atom stereocenters. The Balaban J connectivity index is 1.52. The number of hydrogen-bond donors (Lipinski definition) is 2. The van der Waals surface area contributed by atoms with Crippen molar-refractivity contribution in [1.82, 2.24) is 35.2 Å². The van der Waals surface area contributed by atoms with E-state index in [1.165, 1.54) is 0 Å². The van der Waals surface area contributed by atoms with Gasteiger partial charge in [0.2, 0.25) is 0 Å². The number of aryl methyl sites for hydroxylation is 3. The number of pyridine rings is 2. The first-order chi connectivity index (χ1) is 14.4. The van der Waals surface area contributed by atoms with Crippen molar-refractivity contribution >= 4 is 11.6 Å². The van der Waals surface area contributed by atoms with E-state index in [1.54, 1.807) is 23.1 Å². The lowest BCUT2D eigenvalue weighted by Crippen LogP contribution is -2.06. The van der Waals surface area contributed by atoms with Crippen LogP contribution in [-0.4, -0.2) is 35.2 Å². The maximum absolute atomic E-state index is 12.9. The number of nitrogens with zero attached hydrogens (tertiary/aromatic N) is 6. The SMILES string of the molecule is Cc1cc(Nc2cc(C(F)(F)F)ccn2)nc(-c2cn(CCc3cn[nH]c3)nn2)c1. The molecular weight excluding hydrogens is 397 g/mol. The van der Waals surface area contributed by atoms with Crippen LogP contribution in [0.3, 0.4) is 0 Å². The average Bonchev–Trinajstić information content (AvgIpc) is 3.37. The molecule has 0 radical (unpaired) electrons. The van der Waals surface area contributed by atoms with E-state index in [0.29, 0.717) is 23.8 Å².